The van der Waals surface area contributed by atoms with E-state index in [0.717, 1.165) is 0 Å². The smallest absolute Gasteiger partial charge is 0.340 e. The van der Waals surface area contributed by atoms with E-state index in [1.54, 1.807) is 37.3 Å². The van der Waals surface area contributed by atoms with Crippen LogP contribution in [0.15, 0.2) is 48.5 Å². The van der Waals surface area contributed by atoms with E-state index in [-0.39, 0.29) is 10.6 Å². The van der Waals surface area contributed by atoms with Gasteiger partial charge in [0.15, 0.2) is 0 Å². The van der Waals surface area contributed by atoms with E-state index in [1.165, 1.54) is 18.2 Å². The van der Waals surface area contributed by atoms with Crippen molar-refractivity contribution >= 4 is 41.1 Å². The van der Waals surface area contributed by atoms with E-state index in [4.69, 9.17) is 27.9 Å². The van der Waals surface area contributed by atoms with Crippen LogP contribution in [0, 0.1) is 0 Å². The summed E-state index contributed by atoms with van der Waals surface area (Å²) in [6.07, 6.45) is -1.33. The summed E-state index contributed by atoms with van der Waals surface area (Å²) in [6.45, 7) is 2.05. The second-order valence-electron chi connectivity index (χ2n) is 5.17. The highest BCUT2D eigenvalue weighted by molar-refractivity contribution is 6.35. The molecule has 136 valence electrons. The molecule has 3 amide bonds. The van der Waals surface area contributed by atoms with Crippen molar-refractivity contribution in [1.29, 1.82) is 0 Å². The van der Waals surface area contributed by atoms with Crippen LogP contribution in [0.2, 0.25) is 10.0 Å². The Labute approximate surface area is 160 Å². The molecule has 0 unspecified atom stereocenters. The first-order valence-electron chi connectivity index (χ1n) is 7.72. The number of ether oxygens (including phenoxy) is 1. The molecule has 0 saturated carbocycles. The number of urea groups is 1. The molecule has 2 rings (SSSR count). The molecule has 0 aliphatic carbocycles. The Morgan fingerprint density at radius 1 is 1.08 bits per heavy atom. The number of benzene rings is 2. The Bertz CT molecular complexity index is 812. The van der Waals surface area contributed by atoms with Crippen LogP contribution in [0.4, 0.5) is 4.79 Å². The van der Waals surface area contributed by atoms with Gasteiger partial charge in [0.05, 0.1) is 10.6 Å². The molecule has 0 aromatic heterocycles. The largest absolute Gasteiger partial charge is 0.444 e. The Morgan fingerprint density at radius 2 is 1.77 bits per heavy atom. The predicted molar refractivity (Wildman–Crippen MR) is 98.3 cm³/mol. The Kier molecular flexibility index (Phi) is 7.00. The summed E-state index contributed by atoms with van der Waals surface area (Å²) in [6, 6.07) is 12.0. The second kappa shape index (κ2) is 9.22. The molecule has 2 aromatic rings. The predicted octanol–water partition coefficient (Wildman–Crippen LogP) is 3.74. The molecule has 26 heavy (non-hydrogen) atoms. The number of imide groups is 1. The van der Waals surface area contributed by atoms with E-state index in [9.17, 15) is 14.4 Å². The van der Waals surface area contributed by atoms with Crippen molar-refractivity contribution in [2.75, 3.05) is 6.54 Å². The first kappa shape index (κ1) is 19.8. The minimum Gasteiger partial charge on any atom is -0.444 e. The van der Waals surface area contributed by atoms with Crippen molar-refractivity contribution in [1.82, 2.24) is 10.6 Å². The van der Waals surface area contributed by atoms with Crippen molar-refractivity contribution in [3.05, 3.63) is 69.7 Å². The van der Waals surface area contributed by atoms with Crippen LogP contribution in [0.3, 0.4) is 0 Å². The van der Waals surface area contributed by atoms with Crippen molar-refractivity contribution in [2.24, 2.45) is 0 Å². The average molecular weight is 395 g/mol. The van der Waals surface area contributed by atoms with Crippen LogP contribution in [-0.4, -0.2) is 24.5 Å². The van der Waals surface area contributed by atoms with Crippen molar-refractivity contribution < 1.29 is 19.1 Å². The van der Waals surface area contributed by atoms with E-state index in [0.29, 0.717) is 17.1 Å². The van der Waals surface area contributed by atoms with Crippen LogP contribution < -0.4 is 10.6 Å². The molecule has 0 saturated heterocycles. The van der Waals surface area contributed by atoms with Gasteiger partial charge in [-0.2, -0.15) is 0 Å². The van der Waals surface area contributed by atoms with Gasteiger partial charge in [-0.05, 0) is 25.1 Å². The SMILES string of the molecule is CCNC(=O)NC(=O)[C@H](OC(=O)c1cc(Cl)ccc1Cl)c1ccccc1. The van der Waals surface area contributed by atoms with Crippen molar-refractivity contribution in [3.8, 4) is 0 Å². The maximum Gasteiger partial charge on any atom is 0.340 e. The standard InChI is InChI=1S/C18H16Cl2N2O4/c1-2-21-18(25)22-16(23)15(11-6-4-3-5-7-11)26-17(24)13-10-12(19)8-9-14(13)20/h3-10,15H,2H2,1H3,(H2,21,22,23,25)/t15-/m1/s1. The normalized spacial score (nSPS) is 11.3. The maximum atomic E-state index is 12.5. The van der Waals surface area contributed by atoms with Crippen LogP contribution >= 0.6 is 23.2 Å². The van der Waals surface area contributed by atoms with Gasteiger partial charge < -0.3 is 10.1 Å². The number of hydrogen-bond donors (Lipinski definition) is 2. The van der Waals surface area contributed by atoms with Gasteiger partial charge >= 0.3 is 12.0 Å². The molecule has 6 nitrogen and oxygen atoms in total. The van der Waals surface area contributed by atoms with E-state index >= 15 is 0 Å². The van der Waals surface area contributed by atoms with Crippen LogP contribution in [0.5, 0.6) is 0 Å². The number of hydrogen-bond acceptors (Lipinski definition) is 4. The van der Waals surface area contributed by atoms with Crippen molar-refractivity contribution in [3.63, 3.8) is 0 Å². The maximum absolute atomic E-state index is 12.5. The molecular formula is C18H16Cl2N2O4. The molecule has 0 fully saturated rings. The topological polar surface area (TPSA) is 84.5 Å². The number of rotatable bonds is 5. The number of halogens is 2. The first-order chi connectivity index (χ1) is 12.4. The molecule has 2 aromatic carbocycles. The van der Waals surface area contributed by atoms with Crippen molar-refractivity contribution in [2.45, 2.75) is 13.0 Å². The fourth-order valence-corrected chi connectivity index (χ4v) is 2.47. The molecule has 1 atom stereocenters. The molecule has 0 radical (unpaired) electrons. The third-order valence-corrected chi connectivity index (χ3v) is 3.85. The molecule has 0 aliphatic rings. The lowest BCUT2D eigenvalue weighted by Crippen LogP contribution is -2.42. The van der Waals surface area contributed by atoms with Gasteiger partial charge in [0.2, 0.25) is 6.10 Å². The molecular weight excluding hydrogens is 379 g/mol. The first-order valence-corrected chi connectivity index (χ1v) is 8.47. The van der Waals surface area contributed by atoms with Gasteiger partial charge in [-0.1, -0.05) is 53.5 Å². The van der Waals surface area contributed by atoms with E-state index in [2.05, 4.69) is 10.6 Å². The highest BCUT2D eigenvalue weighted by Crippen LogP contribution is 2.25. The van der Waals surface area contributed by atoms with Gasteiger partial charge in [0.25, 0.3) is 5.91 Å². The molecule has 8 heteroatoms. The highest BCUT2D eigenvalue weighted by atomic mass is 35.5. The minimum atomic E-state index is -1.33. The van der Waals surface area contributed by atoms with E-state index < -0.39 is 24.0 Å². The van der Waals surface area contributed by atoms with Gasteiger partial charge in [-0.3, -0.25) is 10.1 Å². The zero-order valence-electron chi connectivity index (χ0n) is 13.8. The number of carbonyl (C=O) groups is 3. The summed E-state index contributed by atoms with van der Waals surface area (Å²) in [5.74, 6) is -1.62. The fourth-order valence-electron chi connectivity index (χ4n) is 2.11. The monoisotopic (exact) mass is 394 g/mol. The van der Waals surface area contributed by atoms with Gasteiger partial charge in [-0.15, -0.1) is 0 Å². The Hall–Kier alpha value is -2.57. The Balaban J connectivity index is 2.27. The van der Waals surface area contributed by atoms with Gasteiger partial charge in [-0.25, -0.2) is 9.59 Å². The average Bonchev–Trinajstić information content (AvgIpc) is 2.62. The third kappa shape index (κ3) is 5.21. The summed E-state index contributed by atoms with van der Waals surface area (Å²) in [4.78, 5) is 36.5. The summed E-state index contributed by atoms with van der Waals surface area (Å²) >= 11 is 11.9. The molecule has 2 N–H and O–H groups in total. The van der Waals surface area contributed by atoms with E-state index in [1.807, 2.05) is 0 Å². The highest BCUT2D eigenvalue weighted by Gasteiger charge is 2.27. The lowest BCUT2D eigenvalue weighted by molar-refractivity contribution is -0.129. The number of nitrogens with one attached hydrogen (secondary N) is 2. The van der Waals surface area contributed by atoms with Crippen LogP contribution in [-0.2, 0) is 9.53 Å². The molecule has 0 heterocycles. The second-order valence-corrected chi connectivity index (χ2v) is 6.01. The van der Waals surface area contributed by atoms with Crippen LogP contribution in [0.25, 0.3) is 0 Å². The lowest BCUT2D eigenvalue weighted by Gasteiger charge is -2.18. The summed E-state index contributed by atoms with van der Waals surface area (Å²) in [5, 5.41) is 5.00. The van der Waals surface area contributed by atoms with Crippen LogP contribution in [0.1, 0.15) is 28.9 Å². The summed E-state index contributed by atoms with van der Waals surface area (Å²) in [7, 11) is 0. The lowest BCUT2D eigenvalue weighted by atomic mass is 10.1. The number of esters is 1. The Morgan fingerprint density at radius 3 is 2.42 bits per heavy atom. The molecule has 0 spiro atoms. The number of carbonyl (C=O) groups excluding carboxylic acids is 3. The van der Waals surface area contributed by atoms with Gasteiger partial charge in [0.1, 0.15) is 0 Å². The fraction of sp³-hybridized carbons (Fsp3) is 0.167. The summed E-state index contributed by atoms with van der Waals surface area (Å²) in [5.41, 5.74) is 0.423. The quantitative estimate of drug-likeness (QED) is 0.756. The van der Waals surface area contributed by atoms with Gasteiger partial charge in [0, 0.05) is 17.1 Å². The molecule has 0 aliphatic heterocycles. The summed E-state index contributed by atoms with van der Waals surface area (Å²) < 4.78 is 5.33. The zero-order chi connectivity index (χ0) is 19.1. The number of amides is 3. The zero-order valence-corrected chi connectivity index (χ0v) is 15.3. The third-order valence-electron chi connectivity index (χ3n) is 3.29. The molecule has 0 bridgehead atoms. The minimum absolute atomic E-state index is 0.0194.